The number of para-hydroxylation sites is 1. The Hall–Kier alpha value is -2.05. The van der Waals surface area contributed by atoms with Crippen LogP contribution in [0.3, 0.4) is 0 Å². The van der Waals surface area contributed by atoms with E-state index in [9.17, 15) is 9.59 Å². The summed E-state index contributed by atoms with van der Waals surface area (Å²) in [4.78, 5) is 27.9. The monoisotopic (exact) mass is 374 g/mol. The Kier molecular flexibility index (Phi) is 4.04. The summed E-state index contributed by atoms with van der Waals surface area (Å²) in [7, 11) is 0. The number of Topliss-reactive ketones (excluding diaryl/α,β-unsaturated/α-hetero) is 1. The van der Waals surface area contributed by atoms with E-state index in [2.05, 4.69) is 26.2 Å². The van der Waals surface area contributed by atoms with E-state index in [0.29, 0.717) is 16.3 Å². The minimum atomic E-state index is -0.245. The van der Waals surface area contributed by atoms with E-state index in [4.69, 9.17) is 0 Å². The molecule has 1 amide bonds. The molecule has 0 saturated heterocycles. The number of benzene rings is 2. The fourth-order valence-electron chi connectivity index (χ4n) is 1.99. The summed E-state index contributed by atoms with van der Waals surface area (Å²) < 4.78 is 1.89. The summed E-state index contributed by atoms with van der Waals surface area (Å²) in [5.74, 6) is -0.270. The first-order valence-corrected chi connectivity index (χ1v) is 8.13. The minimum Gasteiger partial charge on any atom is -0.298 e. The molecule has 1 aromatic heterocycles. The van der Waals surface area contributed by atoms with Crippen molar-refractivity contribution in [3.8, 4) is 0 Å². The van der Waals surface area contributed by atoms with Gasteiger partial charge in [-0.15, -0.1) is 0 Å². The largest absolute Gasteiger partial charge is 0.298 e. The van der Waals surface area contributed by atoms with Crippen molar-refractivity contribution in [3.63, 3.8) is 0 Å². The molecule has 0 bridgehead atoms. The SMILES string of the molecule is CC(=O)c1ccc(C(=O)Nc2nc3c(Br)cccc3s2)cc1. The third-order valence-corrected chi connectivity index (χ3v) is 4.72. The zero-order valence-electron chi connectivity index (χ0n) is 11.6. The van der Waals surface area contributed by atoms with Gasteiger partial charge in [-0.1, -0.05) is 29.5 Å². The second-order valence-corrected chi connectivity index (χ2v) is 6.58. The van der Waals surface area contributed by atoms with Crippen molar-refractivity contribution >= 4 is 54.3 Å². The van der Waals surface area contributed by atoms with Crippen LogP contribution in [0.5, 0.6) is 0 Å². The first-order chi connectivity index (χ1) is 10.5. The number of hydrogen-bond donors (Lipinski definition) is 1. The van der Waals surface area contributed by atoms with Gasteiger partial charge in [-0.25, -0.2) is 4.98 Å². The Morgan fingerprint density at radius 1 is 1.09 bits per heavy atom. The zero-order valence-corrected chi connectivity index (χ0v) is 14.0. The molecule has 4 nitrogen and oxygen atoms in total. The molecule has 0 aliphatic heterocycles. The molecule has 0 atom stereocenters. The van der Waals surface area contributed by atoms with Crippen LogP contribution < -0.4 is 5.32 Å². The molecule has 0 spiro atoms. The van der Waals surface area contributed by atoms with E-state index < -0.39 is 0 Å². The van der Waals surface area contributed by atoms with Crippen LogP contribution in [-0.4, -0.2) is 16.7 Å². The molecule has 0 aliphatic rings. The van der Waals surface area contributed by atoms with Gasteiger partial charge in [0.15, 0.2) is 10.9 Å². The Balaban J connectivity index is 1.83. The molecule has 0 unspecified atom stereocenters. The summed E-state index contributed by atoms with van der Waals surface area (Å²) >= 11 is 4.86. The summed E-state index contributed by atoms with van der Waals surface area (Å²) in [5.41, 5.74) is 1.90. The quantitative estimate of drug-likeness (QED) is 0.685. The number of ketones is 1. The number of hydrogen-bond acceptors (Lipinski definition) is 4. The molecule has 2 aromatic carbocycles. The second kappa shape index (κ2) is 5.98. The van der Waals surface area contributed by atoms with Gasteiger partial charge in [0.1, 0.15) is 0 Å². The number of thiazole rings is 1. The summed E-state index contributed by atoms with van der Waals surface area (Å²) in [6.07, 6.45) is 0. The molecule has 1 heterocycles. The smallest absolute Gasteiger partial charge is 0.257 e. The maximum absolute atomic E-state index is 12.2. The number of halogens is 1. The van der Waals surface area contributed by atoms with Gasteiger partial charge < -0.3 is 0 Å². The van der Waals surface area contributed by atoms with Crippen LogP contribution in [0.1, 0.15) is 27.6 Å². The van der Waals surface area contributed by atoms with Gasteiger partial charge >= 0.3 is 0 Å². The number of amides is 1. The summed E-state index contributed by atoms with van der Waals surface area (Å²) in [6.45, 7) is 1.49. The fourth-order valence-corrected chi connectivity index (χ4v) is 3.47. The molecular weight excluding hydrogens is 364 g/mol. The molecule has 6 heteroatoms. The Morgan fingerprint density at radius 3 is 2.41 bits per heavy atom. The number of carbonyl (C=O) groups excluding carboxylic acids is 2. The van der Waals surface area contributed by atoms with Crippen LogP contribution in [0.2, 0.25) is 0 Å². The van der Waals surface area contributed by atoms with Crippen molar-refractivity contribution < 1.29 is 9.59 Å². The number of aromatic nitrogens is 1. The lowest BCUT2D eigenvalue weighted by molar-refractivity contribution is 0.101. The maximum atomic E-state index is 12.2. The van der Waals surface area contributed by atoms with Crippen molar-refractivity contribution in [3.05, 3.63) is 58.1 Å². The van der Waals surface area contributed by atoms with Crippen LogP contribution in [0.25, 0.3) is 10.2 Å². The molecule has 3 aromatic rings. The van der Waals surface area contributed by atoms with Crippen molar-refractivity contribution in [2.75, 3.05) is 5.32 Å². The number of nitrogens with one attached hydrogen (secondary N) is 1. The van der Waals surface area contributed by atoms with E-state index in [1.165, 1.54) is 18.3 Å². The van der Waals surface area contributed by atoms with Gasteiger partial charge in [-0.05, 0) is 47.1 Å². The fraction of sp³-hybridized carbons (Fsp3) is 0.0625. The van der Waals surface area contributed by atoms with Gasteiger partial charge in [-0.2, -0.15) is 0 Å². The Morgan fingerprint density at radius 2 is 1.77 bits per heavy atom. The van der Waals surface area contributed by atoms with E-state index >= 15 is 0 Å². The van der Waals surface area contributed by atoms with Crippen LogP contribution in [-0.2, 0) is 0 Å². The molecule has 0 radical (unpaired) electrons. The zero-order chi connectivity index (χ0) is 15.7. The first-order valence-electron chi connectivity index (χ1n) is 6.52. The van der Waals surface area contributed by atoms with Crippen molar-refractivity contribution in [2.24, 2.45) is 0 Å². The van der Waals surface area contributed by atoms with E-state index in [-0.39, 0.29) is 11.7 Å². The highest BCUT2D eigenvalue weighted by Crippen LogP contribution is 2.31. The molecule has 3 rings (SSSR count). The molecule has 110 valence electrons. The van der Waals surface area contributed by atoms with E-state index in [0.717, 1.165) is 14.7 Å². The molecule has 1 N–H and O–H groups in total. The molecule has 0 fully saturated rings. The molecular formula is C16H11BrN2O2S. The number of carbonyl (C=O) groups is 2. The first kappa shape index (κ1) is 14.9. The average molecular weight is 375 g/mol. The maximum Gasteiger partial charge on any atom is 0.257 e. The number of rotatable bonds is 3. The summed E-state index contributed by atoms with van der Waals surface area (Å²) in [5, 5.41) is 3.33. The lowest BCUT2D eigenvalue weighted by Crippen LogP contribution is -2.11. The third kappa shape index (κ3) is 2.93. The number of fused-ring (bicyclic) bond motifs is 1. The number of anilines is 1. The van der Waals surface area contributed by atoms with Crippen LogP contribution in [0.4, 0.5) is 5.13 Å². The topological polar surface area (TPSA) is 59.1 Å². The lowest BCUT2D eigenvalue weighted by atomic mass is 10.1. The average Bonchev–Trinajstić information content (AvgIpc) is 2.91. The van der Waals surface area contributed by atoms with Gasteiger partial charge in [0.2, 0.25) is 0 Å². The van der Waals surface area contributed by atoms with Gasteiger partial charge in [-0.3, -0.25) is 14.9 Å². The molecule has 0 saturated carbocycles. The van der Waals surface area contributed by atoms with Gasteiger partial charge in [0.25, 0.3) is 5.91 Å². The lowest BCUT2D eigenvalue weighted by Gasteiger charge is -2.02. The highest BCUT2D eigenvalue weighted by molar-refractivity contribution is 9.10. The predicted octanol–water partition coefficient (Wildman–Crippen LogP) is 4.51. The van der Waals surface area contributed by atoms with Gasteiger partial charge in [0, 0.05) is 15.6 Å². The molecule has 0 aliphatic carbocycles. The second-order valence-electron chi connectivity index (χ2n) is 4.69. The van der Waals surface area contributed by atoms with Crippen LogP contribution in [0.15, 0.2) is 46.9 Å². The third-order valence-electron chi connectivity index (χ3n) is 3.14. The van der Waals surface area contributed by atoms with Crippen molar-refractivity contribution in [1.29, 1.82) is 0 Å². The van der Waals surface area contributed by atoms with Crippen LogP contribution in [0, 0.1) is 0 Å². The normalized spacial score (nSPS) is 10.6. The van der Waals surface area contributed by atoms with Crippen molar-refractivity contribution in [2.45, 2.75) is 6.92 Å². The predicted molar refractivity (Wildman–Crippen MR) is 91.7 cm³/mol. The van der Waals surface area contributed by atoms with E-state index in [1.807, 2.05) is 18.2 Å². The van der Waals surface area contributed by atoms with Crippen LogP contribution >= 0.6 is 27.3 Å². The highest BCUT2D eigenvalue weighted by atomic mass is 79.9. The Labute approximate surface area is 139 Å². The van der Waals surface area contributed by atoms with Gasteiger partial charge in [0.05, 0.1) is 10.2 Å². The van der Waals surface area contributed by atoms with Crippen molar-refractivity contribution in [1.82, 2.24) is 4.98 Å². The standard InChI is InChI=1S/C16H11BrN2O2S/c1-9(20)10-5-7-11(8-6-10)15(21)19-16-18-14-12(17)3-2-4-13(14)22-16/h2-8H,1H3,(H,18,19,21). The Bertz CT molecular complexity index is 871. The number of nitrogens with zero attached hydrogens (tertiary/aromatic N) is 1. The minimum absolute atomic E-state index is 0.0250. The highest BCUT2D eigenvalue weighted by Gasteiger charge is 2.11. The van der Waals surface area contributed by atoms with E-state index in [1.54, 1.807) is 24.3 Å². The molecule has 22 heavy (non-hydrogen) atoms. The summed E-state index contributed by atoms with van der Waals surface area (Å²) in [6, 6.07) is 12.4.